The molecule has 3 heteroatoms. The number of nitrogens with zero attached hydrogens (tertiary/aromatic N) is 1. The smallest absolute Gasteiger partial charge is 0.369 e. The third-order valence-corrected chi connectivity index (χ3v) is 3.11. The third kappa shape index (κ3) is 5.03. The van der Waals surface area contributed by atoms with Crippen molar-refractivity contribution in [3.05, 3.63) is 35.9 Å². The molecule has 1 atom stereocenters. The molecule has 106 valence electrons. The van der Waals surface area contributed by atoms with Gasteiger partial charge in [-0.25, -0.2) is 4.79 Å². The number of hydrogen-bond acceptors (Lipinski definition) is 2. The van der Waals surface area contributed by atoms with Crippen LogP contribution in [0.1, 0.15) is 37.8 Å². The molecule has 1 rings (SSSR count). The van der Waals surface area contributed by atoms with E-state index in [9.17, 15) is 4.79 Å². The lowest BCUT2D eigenvalue weighted by molar-refractivity contribution is -0.893. The molecule has 0 heterocycles. The standard InChI is InChI=1S/C16H26NO2/c1-5-6-10-13-19-16(18)15(17(2,3)4)14-11-8-7-9-12-14/h7-9,11-12,15H,5-6,10,13H2,1-4H3/q+1. The molecule has 0 aromatic heterocycles. The Morgan fingerprint density at radius 3 is 2.32 bits per heavy atom. The first-order chi connectivity index (χ1) is 8.96. The summed E-state index contributed by atoms with van der Waals surface area (Å²) in [6, 6.07) is 9.60. The van der Waals surface area contributed by atoms with Gasteiger partial charge in [0, 0.05) is 5.56 Å². The van der Waals surface area contributed by atoms with E-state index in [1.54, 1.807) is 0 Å². The van der Waals surface area contributed by atoms with Gasteiger partial charge in [-0.3, -0.25) is 0 Å². The largest absolute Gasteiger partial charge is 0.461 e. The minimum absolute atomic E-state index is 0.130. The molecule has 0 amide bonds. The molecule has 0 aliphatic heterocycles. The maximum absolute atomic E-state index is 12.3. The average molecular weight is 264 g/mol. The van der Waals surface area contributed by atoms with Crippen molar-refractivity contribution in [2.24, 2.45) is 0 Å². The van der Waals surface area contributed by atoms with E-state index in [-0.39, 0.29) is 12.0 Å². The number of carbonyl (C=O) groups excluding carboxylic acids is 1. The Labute approximate surface area is 116 Å². The van der Waals surface area contributed by atoms with Crippen LogP contribution in [-0.2, 0) is 9.53 Å². The maximum Gasteiger partial charge on any atom is 0.369 e. The predicted octanol–water partition coefficient (Wildman–Crippen LogP) is 3.17. The molecule has 0 saturated heterocycles. The van der Waals surface area contributed by atoms with Gasteiger partial charge in [-0.05, 0) is 6.42 Å². The van der Waals surface area contributed by atoms with Gasteiger partial charge in [-0.15, -0.1) is 0 Å². The van der Waals surface area contributed by atoms with E-state index >= 15 is 0 Å². The van der Waals surface area contributed by atoms with E-state index in [2.05, 4.69) is 6.92 Å². The van der Waals surface area contributed by atoms with E-state index in [4.69, 9.17) is 4.74 Å². The van der Waals surface area contributed by atoms with Crippen LogP contribution in [0.3, 0.4) is 0 Å². The van der Waals surface area contributed by atoms with Crippen molar-refractivity contribution in [2.45, 2.75) is 32.2 Å². The third-order valence-electron chi connectivity index (χ3n) is 3.11. The van der Waals surface area contributed by atoms with E-state index < -0.39 is 0 Å². The van der Waals surface area contributed by atoms with Gasteiger partial charge in [0.15, 0.2) is 0 Å². The Morgan fingerprint density at radius 2 is 1.79 bits per heavy atom. The zero-order valence-electron chi connectivity index (χ0n) is 12.6. The molecule has 1 unspecified atom stereocenters. The number of carbonyl (C=O) groups is 1. The highest BCUT2D eigenvalue weighted by atomic mass is 16.5. The topological polar surface area (TPSA) is 26.3 Å². The molecule has 1 aromatic rings. The van der Waals surface area contributed by atoms with E-state index in [1.807, 2.05) is 51.5 Å². The number of esters is 1. The molecule has 0 aliphatic rings. The SMILES string of the molecule is CCCCCOC(=O)C(c1ccccc1)[N+](C)(C)C. The zero-order valence-corrected chi connectivity index (χ0v) is 12.6. The van der Waals surface area contributed by atoms with Crippen LogP contribution < -0.4 is 0 Å². The van der Waals surface area contributed by atoms with Crippen molar-refractivity contribution >= 4 is 5.97 Å². The minimum atomic E-state index is -0.261. The molecule has 0 fully saturated rings. The van der Waals surface area contributed by atoms with E-state index in [0.29, 0.717) is 11.1 Å². The summed E-state index contributed by atoms with van der Waals surface area (Å²) in [5, 5.41) is 0. The van der Waals surface area contributed by atoms with Gasteiger partial charge in [0.1, 0.15) is 0 Å². The Kier molecular flexibility index (Phi) is 6.03. The second-order valence-corrected chi connectivity index (χ2v) is 5.80. The van der Waals surface area contributed by atoms with Gasteiger partial charge >= 0.3 is 5.97 Å². The molecule has 3 nitrogen and oxygen atoms in total. The van der Waals surface area contributed by atoms with Crippen molar-refractivity contribution in [1.82, 2.24) is 0 Å². The first-order valence-electron chi connectivity index (χ1n) is 6.99. The van der Waals surface area contributed by atoms with Crippen LogP contribution in [0, 0.1) is 0 Å². The Morgan fingerprint density at radius 1 is 1.16 bits per heavy atom. The van der Waals surface area contributed by atoms with Crippen LogP contribution in [0.2, 0.25) is 0 Å². The Hall–Kier alpha value is -1.35. The first kappa shape index (κ1) is 15.7. The number of likely N-dealkylation sites (N-methyl/N-ethyl adjacent to an activating group) is 1. The van der Waals surface area contributed by atoms with Gasteiger partial charge in [0.05, 0.1) is 27.7 Å². The second kappa shape index (κ2) is 7.29. The van der Waals surface area contributed by atoms with Crippen molar-refractivity contribution < 1.29 is 14.0 Å². The quantitative estimate of drug-likeness (QED) is 0.429. The van der Waals surface area contributed by atoms with Gasteiger partial charge < -0.3 is 9.22 Å². The lowest BCUT2D eigenvalue weighted by Gasteiger charge is -2.32. The van der Waals surface area contributed by atoms with Crippen molar-refractivity contribution in [1.29, 1.82) is 0 Å². The number of benzene rings is 1. The molecule has 0 aliphatic carbocycles. The lowest BCUT2D eigenvalue weighted by Crippen LogP contribution is -2.43. The second-order valence-electron chi connectivity index (χ2n) is 5.80. The summed E-state index contributed by atoms with van der Waals surface area (Å²) in [6.45, 7) is 2.66. The summed E-state index contributed by atoms with van der Waals surface area (Å²) in [7, 11) is 6.06. The molecular weight excluding hydrogens is 238 g/mol. The molecule has 0 saturated carbocycles. The normalized spacial score (nSPS) is 13.1. The zero-order chi connectivity index (χ0) is 14.3. The molecule has 0 spiro atoms. The fraction of sp³-hybridized carbons (Fsp3) is 0.562. The summed E-state index contributed by atoms with van der Waals surface area (Å²) in [5.41, 5.74) is 1.01. The summed E-state index contributed by atoms with van der Waals surface area (Å²) in [6.07, 6.45) is 3.18. The van der Waals surface area contributed by atoms with Crippen LogP contribution in [0.5, 0.6) is 0 Å². The molecule has 0 bridgehead atoms. The number of quaternary nitrogens is 1. The number of rotatable bonds is 7. The molecule has 19 heavy (non-hydrogen) atoms. The summed E-state index contributed by atoms with van der Waals surface area (Å²) in [5.74, 6) is -0.130. The fourth-order valence-corrected chi connectivity index (χ4v) is 2.14. The predicted molar refractivity (Wildman–Crippen MR) is 77.7 cm³/mol. The summed E-state index contributed by atoms with van der Waals surface area (Å²) < 4.78 is 5.97. The maximum atomic E-state index is 12.3. The highest BCUT2D eigenvalue weighted by Gasteiger charge is 2.34. The Bertz CT molecular complexity index is 381. The molecule has 1 aromatic carbocycles. The van der Waals surface area contributed by atoms with E-state index in [0.717, 1.165) is 24.8 Å². The van der Waals surface area contributed by atoms with Crippen LogP contribution in [0.4, 0.5) is 0 Å². The number of hydrogen-bond donors (Lipinski definition) is 0. The number of ether oxygens (including phenoxy) is 1. The first-order valence-corrected chi connectivity index (χ1v) is 6.99. The number of unbranched alkanes of at least 4 members (excludes halogenated alkanes) is 2. The molecule has 0 N–H and O–H groups in total. The molecule has 0 radical (unpaired) electrons. The van der Waals surface area contributed by atoms with Gasteiger partial charge in [-0.1, -0.05) is 50.1 Å². The van der Waals surface area contributed by atoms with Crippen LogP contribution >= 0.6 is 0 Å². The van der Waals surface area contributed by atoms with Crippen LogP contribution in [-0.4, -0.2) is 38.2 Å². The van der Waals surface area contributed by atoms with Crippen LogP contribution in [0.15, 0.2) is 30.3 Å². The fourth-order valence-electron chi connectivity index (χ4n) is 2.14. The highest BCUT2D eigenvalue weighted by molar-refractivity contribution is 5.76. The van der Waals surface area contributed by atoms with Gasteiger partial charge in [0.2, 0.25) is 6.04 Å². The van der Waals surface area contributed by atoms with Crippen LogP contribution in [0.25, 0.3) is 0 Å². The lowest BCUT2D eigenvalue weighted by atomic mass is 10.0. The molecular formula is C16H26NO2+. The van der Waals surface area contributed by atoms with Crippen molar-refractivity contribution in [2.75, 3.05) is 27.7 Å². The van der Waals surface area contributed by atoms with E-state index in [1.165, 1.54) is 0 Å². The summed E-state index contributed by atoms with van der Waals surface area (Å²) in [4.78, 5) is 12.3. The summed E-state index contributed by atoms with van der Waals surface area (Å²) >= 11 is 0. The average Bonchev–Trinajstić information content (AvgIpc) is 2.34. The van der Waals surface area contributed by atoms with Gasteiger partial charge in [0.25, 0.3) is 0 Å². The minimum Gasteiger partial charge on any atom is -0.461 e. The van der Waals surface area contributed by atoms with Crippen molar-refractivity contribution in [3.63, 3.8) is 0 Å². The van der Waals surface area contributed by atoms with Crippen molar-refractivity contribution in [3.8, 4) is 0 Å². The monoisotopic (exact) mass is 264 g/mol. The highest BCUT2D eigenvalue weighted by Crippen LogP contribution is 2.24. The Balaban J connectivity index is 2.73. The van der Waals surface area contributed by atoms with Gasteiger partial charge in [-0.2, -0.15) is 0 Å².